The molecule has 0 spiro atoms. The fourth-order valence-electron chi connectivity index (χ4n) is 3.35. The maximum Gasteiger partial charge on any atom is 0.231 e. The number of nitrogens with zero attached hydrogens (tertiary/aromatic N) is 1. The lowest BCUT2D eigenvalue weighted by Crippen LogP contribution is -2.58. The normalized spacial score (nSPS) is 20.5. The number of hydrogen-bond acceptors (Lipinski definition) is 3. The Morgan fingerprint density at radius 3 is 2.65 bits per heavy atom. The molecule has 1 atom stereocenters. The van der Waals surface area contributed by atoms with E-state index in [1.165, 1.54) is 17.0 Å². The zero-order valence-electron chi connectivity index (χ0n) is 14.5. The monoisotopic (exact) mass is 367 g/mol. The highest BCUT2D eigenvalue weighted by molar-refractivity contribution is 7.17. The number of nitrogens with one attached hydrogen (secondary N) is 2. The van der Waals surface area contributed by atoms with Crippen LogP contribution in [0.25, 0.3) is 21.2 Å². The van der Waals surface area contributed by atoms with Gasteiger partial charge in [-0.2, -0.15) is 0 Å². The molecular formula is C20H18FN3OS. The molecule has 1 aromatic heterocycles. The first kappa shape index (κ1) is 16.7. The van der Waals surface area contributed by atoms with Gasteiger partial charge in [-0.15, -0.1) is 11.3 Å². The van der Waals surface area contributed by atoms with Crippen LogP contribution in [0.2, 0.25) is 0 Å². The van der Waals surface area contributed by atoms with Crippen LogP contribution in [0.5, 0.6) is 0 Å². The molecule has 1 amide bonds. The Hall–Kier alpha value is -2.73. The van der Waals surface area contributed by atoms with Crippen LogP contribution >= 0.6 is 11.3 Å². The van der Waals surface area contributed by atoms with Gasteiger partial charge in [0.25, 0.3) is 0 Å². The van der Waals surface area contributed by atoms with E-state index >= 15 is 0 Å². The summed E-state index contributed by atoms with van der Waals surface area (Å²) in [5.74, 6) is -0.266. The van der Waals surface area contributed by atoms with Crippen LogP contribution in [-0.2, 0) is 10.3 Å². The van der Waals surface area contributed by atoms with Gasteiger partial charge in [0.1, 0.15) is 5.82 Å². The summed E-state index contributed by atoms with van der Waals surface area (Å²) in [5, 5.41) is 14.3. The second-order valence-electron chi connectivity index (χ2n) is 6.80. The average molecular weight is 367 g/mol. The predicted molar refractivity (Wildman–Crippen MR) is 103 cm³/mol. The minimum atomic E-state index is -0.661. The average Bonchev–Trinajstić information content (AvgIpc) is 3.08. The summed E-state index contributed by atoms with van der Waals surface area (Å²) in [6.07, 6.45) is 0.268. The number of benzene rings is 2. The number of rotatable bonds is 2. The quantitative estimate of drug-likeness (QED) is 0.709. The Balaban J connectivity index is 1.88. The Kier molecular flexibility index (Phi) is 3.80. The first-order chi connectivity index (χ1) is 12.4. The summed E-state index contributed by atoms with van der Waals surface area (Å²) in [6.45, 7) is 1.94. The number of halogens is 1. The third-order valence-corrected chi connectivity index (χ3v) is 5.92. The van der Waals surface area contributed by atoms with Crippen LogP contribution in [0.15, 0.2) is 47.8 Å². The highest BCUT2D eigenvalue weighted by atomic mass is 32.1. The van der Waals surface area contributed by atoms with Crippen molar-refractivity contribution < 1.29 is 9.18 Å². The maximum absolute atomic E-state index is 13.3. The SMILES string of the molecule is CN1C(=N)N[C@](C)(c2cc(-c3ccc(F)cc3)c3sccc3c2)CC1=O. The molecule has 0 saturated carbocycles. The van der Waals surface area contributed by atoms with Crippen LogP contribution in [0, 0.1) is 11.2 Å². The van der Waals surface area contributed by atoms with Gasteiger partial charge in [0.05, 0.1) is 12.0 Å². The van der Waals surface area contributed by atoms with Crippen molar-refractivity contribution in [3.63, 3.8) is 0 Å². The maximum atomic E-state index is 13.3. The minimum absolute atomic E-state index is 0.0926. The van der Waals surface area contributed by atoms with Crippen LogP contribution < -0.4 is 5.32 Å². The lowest BCUT2D eigenvalue weighted by molar-refractivity contribution is -0.129. The van der Waals surface area contributed by atoms with Crippen LogP contribution in [0.1, 0.15) is 18.9 Å². The van der Waals surface area contributed by atoms with Crippen LogP contribution in [-0.4, -0.2) is 23.8 Å². The molecule has 4 nitrogen and oxygen atoms in total. The van der Waals surface area contributed by atoms with E-state index in [4.69, 9.17) is 5.41 Å². The Morgan fingerprint density at radius 1 is 1.23 bits per heavy atom. The molecule has 0 unspecified atom stereocenters. The first-order valence-corrected chi connectivity index (χ1v) is 9.16. The van der Waals surface area contributed by atoms with E-state index < -0.39 is 5.54 Å². The van der Waals surface area contributed by atoms with Crippen LogP contribution in [0.3, 0.4) is 0 Å². The van der Waals surface area contributed by atoms with E-state index in [-0.39, 0.29) is 24.1 Å². The number of fused-ring (bicyclic) bond motifs is 1. The molecule has 0 aliphatic carbocycles. The molecule has 26 heavy (non-hydrogen) atoms. The highest BCUT2D eigenvalue weighted by Gasteiger charge is 2.38. The molecule has 1 saturated heterocycles. The van der Waals surface area contributed by atoms with Crippen molar-refractivity contribution in [3.8, 4) is 11.1 Å². The second kappa shape index (κ2) is 5.92. The van der Waals surface area contributed by atoms with Crippen molar-refractivity contribution in [1.82, 2.24) is 10.2 Å². The second-order valence-corrected chi connectivity index (χ2v) is 7.72. The number of carbonyl (C=O) groups is 1. The fourth-order valence-corrected chi connectivity index (χ4v) is 4.27. The summed E-state index contributed by atoms with van der Waals surface area (Å²) in [7, 11) is 1.60. The van der Waals surface area contributed by atoms with Gasteiger partial charge in [-0.25, -0.2) is 4.39 Å². The van der Waals surface area contributed by atoms with Gasteiger partial charge in [-0.1, -0.05) is 12.1 Å². The highest BCUT2D eigenvalue weighted by Crippen LogP contribution is 2.38. The third kappa shape index (κ3) is 2.66. The molecule has 2 N–H and O–H groups in total. The first-order valence-electron chi connectivity index (χ1n) is 8.28. The van der Waals surface area contributed by atoms with E-state index in [2.05, 4.69) is 11.4 Å². The summed E-state index contributed by atoms with van der Waals surface area (Å²) in [6, 6.07) is 12.6. The Morgan fingerprint density at radius 2 is 1.96 bits per heavy atom. The molecule has 1 aliphatic heterocycles. The third-order valence-electron chi connectivity index (χ3n) is 4.95. The number of carbonyl (C=O) groups excluding carboxylic acids is 1. The lowest BCUT2D eigenvalue weighted by atomic mass is 9.84. The molecule has 2 heterocycles. The summed E-state index contributed by atoms with van der Waals surface area (Å²) in [4.78, 5) is 13.6. The van der Waals surface area contributed by atoms with E-state index in [0.717, 1.165) is 26.8 Å². The molecule has 0 radical (unpaired) electrons. The van der Waals surface area contributed by atoms with Gasteiger partial charge in [0.15, 0.2) is 5.96 Å². The van der Waals surface area contributed by atoms with Gasteiger partial charge in [-0.3, -0.25) is 15.1 Å². The van der Waals surface area contributed by atoms with Crippen molar-refractivity contribution in [2.75, 3.05) is 7.05 Å². The largest absolute Gasteiger partial charge is 0.346 e. The fraction of sp³-hybridized carbons (Fsp3) is 0.200. The Bertz CT molecular complexity index is 1010. The molecule has 1 fully saturated rings. The molecule has 3 aromatic rings. The van der Waals surface area contributed by atoms with Crippen molar-refractivity contribution in [2.24, 2.45) is 0 Å². The summed E-state index contributed by atoms with van der Waals surface area (Å²) < 4.78 is 14.5. The lowest BCUT2D eigenvalue weighted by Gasteiger charge is -2.39. The number of hydrogen-bond donors (Lipinski definition) is 2. The zero-order valence-corrected chi connectivity index (χ0v) is 15.3. The standard InChI is InChI=1S/C20H18FN3OS/c1-20(11-17(25)24(2)19(22)23-20)14-9-13-7-8-26-18(13)16(10-14)12-3-5-15(21)6-4-12/h3-10H,11H2,1-2H3,(H2,22,23)/t20-/m0/s1. The van der Waals surface area contributed by atoms with E-state index in [1.807, 2.05) is 24.4 Å². The van der Waals surface area contributed by atoms with Gasteiger partial charge >= 0.3 is 0 Å². The molecule has 4 rings (SSSR count). The van der Waals surface area contributed by atoms with Crippen LogP contribution in [0.4, 0.5) is 4.39 Å². The molecule has 132 valence electrons. The van der Waals surface area contributed by atoms with E-state index in [9.17, 15) is 9.18 Å². The topological polar surface area (TPSA) is 56.2 Å². The van der Waals surface area contributed by atoms with Gasteiger partial charge in [-0.05, 0) is 64.7 Å². The smallest absolute Gasteiger partial charge is 0.231 e. The molecule has 2 aromatic carbocycles. The van der Waals surface area contributed by atoms with Crippen molar-refractivity contribution in [2.45, 2.75) is 18.9 Å². The number of thiophene rings is 1. The zero-order chi connectivity index (χ0) is 18.5. The van der Waals surface area contributed by atoms with Gasteiger partial charge < -0.3 is 5.32 Å². The van der Waals surface area contributed by atoms with Gasteiger partial charge in [0.2, 0.25) is 5.91 Å². The minimum Gasteiger partial charge on any atom is -0.346 e. The van der Waals surface area contributed by atoms with Crippen molar-refractivity contribution >= 4 is 33.3 Å². The van der Waals surface area contributed by atoms with Crippen molar-refractivity contribution in [3.05, 3.63) is 59.2 Å². The van der Waals surface area contributed by atoms with Gasteiger partial charge in [0, 0.05) is 11.7 Å². The predicted octanol–water partition coefficient (Wildman–Crippen LogP) is 4.31. The number of guanidine groups is 1. The number of amides is 1. The van der Waals surface area contributed by atoms with E-state index in [0.29, 0.717) is 0 Å². The molecule has 0 bridgehead atoms. The van der Waals surface area contributed by atoms with E-state index in [1.54, 1.807) is 30.5 Å². The Labute approximate surface area is 154 Å². The molecule has 1 aliphatic rings. The molecule has 6 heteroatoms. The summed E-state index contributed by atoms with van der Waals surface area (Å²) >= 11 is 1.64. The van der Waals surface area contributed by atoms with Crippen molar-refractivity contribution in [1.29, 1.82) is 5.41 Å². The molecular weight excluding hydrogens is 349 g/mol. The summed E-state index contributed by atoms with van der Waals surface area (Å²) in [5.41, 5.74) is 2.21.